The van der Waals surface area contributed by atoms with Gasteiger partial charge in [-0.1, -0.05) is 13.3 Å². The van der Waals surface area contributed by atoms with Crippen LogP contribution < -0.4 is 5.32 Å². The molecule has 0 saturated carbocycles. The van der Waals surface area contributed by atoms with E-state index >= 15 is 0 Å². The number of carbonyl (C=O) groups is 5. The van der Waals surface area contributed by atoms with E-state index in [-0.39, 0.29) is 0 Å². The lowest BCUT2D eigenvalue weighted by atomic mass is 9.88. The van der Waals surface area contributed by atoms with Crippen LogP contribution in [0.2, 0.25) is 0 Å². The van der Waals surface area contributed by atoms with E-state index in [0.717, 1.165) is 45.0 Å². The van der Waals surface area contributed by atoms with Crippen molar-refractivity contribution in [2.75, 3.05) is 19.8 Å². The van der Waals surface area contributed by atoms with Crippen molar-refractivity contribution in [2.24, 2.45) is 5.92 Å². The monoisotopic (exact) mass is 560 g/mol. The number of hydrogen-bond donors (Lipinski definition) is 1. The summed E-state index contributed by atoms with van der Waals surface area (Å²) in [5, 5.41) is 2.87. The van der Waals surface area contributed by atoms with Crippen LogP contribution in [0.5, 0.6) is 0 Å². The fourth-order valence-corrected chi connectivity index (χ4v) is 5.95. The van der Waals surface area contributed by atoms with Crippen molar-refractivity contribution in [3.05, 3.63) is 0 Å². The highest BCUT2D eigenvalue weighted by atomic mass is 32.2. The van der Waals surface area contributed by atoms with E-state index in [1.54, 1.807) is 6.26 Å². The van der Waals surface area contributed by atoms with Crippen molar-refractivity contribution in [3.63, 3.8) is 0 Å². The van der Waals surface area contributed by atoms with Crippen LogP contribution in [0.15, 0.2) is 0 Å². The second-order valence-electron chi connectivity index (χ2n) is 9.78. The molecule has 0 radical (unpaired) electrons. The summed E-state index contributed by atoms with van der Waals surface area (Å²) in [5.74, 6) is -3.01. The Morgan fingerprint density at radius 1 is 1.00 bits per heavy atom. The second kappa shape index (κ2) is 13.6. The first-order valence-corrected chi connectivity index (χ1v) is 14.0. The number of ether oxygens (including phenoxy) is 5. The standard InChI is InChI=1S/C25H40N2O10S/c1-9-10-18-11-19(27(7)12-18)23(32)26-25(13(2)33-14(3)28)22(36-17(6)31)20(34-15(4)29)21(35-16(5)30)24(37-25)38-8/h13,18-22,24H,9-12H2,1-8H3,(H,26,32)/t13-,18+,19+,20+,21+,22-,24+,25+/m0/s1. The largest absolute Gasteiger partial charge is 0.458 e. The van der Waals surface area contributed by atoms with Crippen LogP contribution >= 0.6 is 11.8 Å². The number of hydrogen-bond acceptors (Lipinski definition) is 12. The topological polar surface area (TPSA) is 147 Å². The highest BCUT2D eigenvalue weighted by Crippen LogP contribution is 2.41. The Hall–Kier alpha value is -2.38. The quantitative estimate of drug-likeness (QED) is 0.304. The van der Waals surface area contributed by atoms with E-state index in [0.29, 0.717) is 12.3 Å². The molecule has 0 aliphatic carbocycles. The van der Waals surface area contributed by atoms with Crippen LogP contribution in [0.4, 0.5) is 0 Å². The lowest BCUT2D eigenvalue weighted by Gasteiger charge is -2.52. The van der Waals surface area contributed by atoms with Crippen molar-refractivity contribution in [2.45, 2.75) is 102 Å². The zero-order valence-electron chi connectivity index (χ0n) is 23.3. The third kappa shape index (κ3) is 7.60. The Morgan fingerprint density at radius 3 is 2.08 bits per heavy atom. The molecule has 216 valence electrons. The van der Waals surface area contributed by atoms with Gasteiger partial charge in [0.25, 0.3) is 0 Å². The second-order valence-corrected chi connectivity index (χ2v) is 10.7. The van der Waals surface area contributed by atoms with Gasteiger partial charge in [-0.25, -0.2) is 0 Å². The van der Waals surface area contributed by atoms with Crippen molar-refractivity contribution < 1.29 is 47.7 Å². The number of carbonyl (C=O) groups excluding carboxylic acids is 5. The molecule has 2 heterocycles. The Labute approximate surface area is 227 Å². The zero-order valence-corrected chi connectivity index (χ0v) is 24.1. The van der Waals surface area contributed by atoms with Gasteiger partial charge in [0.1, 0.15) is 5.44 Å². The summed E-state index contributed by atoms with van der Waals surface area (Å²) in [5.41, 5.74) is -2.98. The van der Waals surface area contributed by atoms with Gasteiger partial charge >= 0.3 is 23.9 Å². The van der Waals surface area contributed by atoms with Gasteiger partial charge < -0.3 is 29.0 Å². The van der Waals surface area contributed by atoms with Gasteiger partial charge in [0.2, 0.25) is 11.6 Å². The minimum atomic E-state index is -1.98. The molecule has 8 atom stereocenters. The van der Waals surface area contributed by atoms with Gasteiger partial charge in [-0.05, 0) is 39.0 Å². The lowest BCUT2D eigenvalue weighted by molar-refractivity contribution is -0.293. The van der Waals surface area contributed by atoms with Gasteiger partial charge in [-0.2, -0.15) is 0 Å². The molecule has 0 aromatic heterocycles. The van der Waals surface area contributed by atoms with Crippen molar-refractivity contribution in [1.82, 2.24) is 10.2 Å². The van der Waals surface area contributed by atoms with E-state index in [2.05, 4.69) is 12.2 Å². The van der Waals surface area contributed by atoms with Crippen LogP contribution in [0.25, 0.3) is 0 Å². The van der Waals surface area contributed by atoms with Crippen molar-refractivity contribution >= 4 is 41.5 Å². The zero-order chi connectivity index (χ0) is 28.8. The minimum absolute atomic E-state index is 0.320. The molecule has 2 rings (SSSR count). The maximum atomic E-state index is 13.8. The Bertz CT molecular complexity index is 901. The van der Waals surface area contributed by atoms with E-state index in [9.17, 15) is 24.0 Å². The van der Waals surface area contributed by atoms with E-state index in [1.807, 2.05) is 11.9 Å². The molecule has 0 aromatic rings. The summed E-state index contributed by atoms with van der Waals surface area (Å²) >= 11 is 1.12. The highest BCUT2D eigenvalue weighted by molar-refractivity contribution is 7.99. The molecule has 13 heteroatoms. The summed E-state index contributed by atoms with van der Waals surface area (Å²) in [7, 11) is 1.84. The first kappa shape index (κ1) is 31.8. The molecular formula is C25H40N2O10S. The average molecular weight is 561 g/mol. The number of likely N-dealkylation sites (N-methyl/N-ethyl adjacent to an activating group) is 1. The Kier molecular flexibility index (Phi) is 11.4. The molecule has 0 aromatic carbocycles. The molecule has 1 amide bonds. The van der Waals surface area contributed by atoms with Crippen molar-refractivity contribution in [3.8, 4) is 0 Å². The van der Waals surface area contributed by atoms with E-state index < -0.39 is 71.4 Å². The van der Waals surface area contributed by atoms with Crippen LogP contribution in [-0.4, -0.2) is 96.2 Å². The number of nitrogens with one attached hydrogen (secondary N) is 1. The molecule has 1 N–H and O–H groups in total. The van der Waals surface area contributed by atoms with Gasteiger partial charge in [-0.15, -0.1) is 11.8 Å². The summed E-state index contributed by atoms with van der Waals surface area (Å²) in [6, 6.07) is -0.527. The Morgan fingerprint density at radius 2 is 1.58 bits per heavy atom. The molecule has 0 spiro atoms. The molecule has 2 saturated heterocycles. The summed E-state index contributed by atoms with van der Waals surface area (Å²) in [6.07, 6.45) is -1.13. The van der Waals surface area contributed by atoms with Crippen molar-refractivity contribution in [1.29, 1.82) is 0 Å². The predicted molar refractivity (Wildman–Crippen MR) is 137 cm³/mol. The number of rotatable bonds is 10. The number of esters is 4. The first-order valence-electron chi connectivity index (χ1n) is 12.7. The summed E-state index contributed by atoms with van der Waals surface area (Å²) in [4.78, 5) is 64.2. The first-order chi connectivity index (χ1) is 17.7. The summed E-state index contributed by atoms with van der Waals surface area (Å²) < 4.78 is 28.5. The lowest BCUT2D eigenvalue weighted by Crippen LogP contribution is -2.77. The molecule has 2 fully saturated rings. The number of amides is 1. The van der Waals surface area contributed by atoms with Crippen LogP contribution in [0, 0.1) is 5.92 Å². The SMILES string of the molecule is CCC[C@@H]1C[C@H](C(=O)N[C@]2([C@H](C)OC(C)=O)O[C@H](SC)[C@H](OC(C)=O)[C@@H](OC(C)=O)[C@@H]2OC(C)=O)N(C)C1. The maximum Gasteiger partial charge on any atom is 0.303 e. The predicted octanol–water partition coefficient (Wildman–Crippen LogP) is 1.39. The average Bonchev–Trinajstić information content (AvgIpc) is 3.16. The van der Waals surface area contributed by atoms with Gasteiger partial charge in [0.05, 0.1) is 6.04 Å². The maximum absolute atomic E-state index is 13.8. The van der Waals surface area contributed by atoms with Gasteiger partial charge in [0, 0.05) is 34.2 Å². The van der Waals surface area contributed by atoms with Crippen LogP contribution in [0.3, 0.4) is 0 Å². The minimum Gasteiger partial charge on any atom is -0.458 e. The number of thioether (sulfide) groups is 1. The fourth-order valence-electron chi connectivity index (χ4n) is 5.22. The molecular weight excluding hydrogens is 520 g/mol. The third-order valence-electron chi connectivity index (χ3n) is 6.65. The normalized spacial score (nSPS) is 32.1. The molecule has 38 heavy (non-hydrogen) atoms. The fraction of sp³-hybridized carbons (Fsp3) is 0.800. The number of likely N-dealkylation sites (tertiary alicyclic amines) is 1. The molecule has 0 unspecified atom stereocenters. The molecule has 2 aliphatic rings. The van der Waals surface area contributed by atoms with Gasteiger partial charge in [-0.3, -0.25) is 28.9 Å². The highest BCUT2D eigenvalue weighted by Gasteiger charge is 2.64. The molecule has 0 bridgehead atoms. The summed E-state index contributed by atoms with van der Waals surface area (Å²) in [6.45, 7) is 8.94. The smallest absolute Gasteiger partial charge is 0.303 e. The molecule has 12 nitrogen and oxygen atoms in total. The van der Waals surface area contributed by atoms with Gasteiger partial charge in [0.15, 0.2) is 24.4 Å². The van der Waals surface area contributed by atoms with E-state index in [4.69, 9.17) is 23.7 Å². The third-order valence-corrected chi connectivity index (χ3v) is 7.48. The number of nitrogens with zero attached hydrogens (tertiary/aromatic N) is 1. The Balaban J connectivity index is 2.64. The molecule has 2 aliphatic heterocycles. The van der Waals surface area contributed by atoms with Crippen LogP contribution in [-0.2, 0) is 47.7 Å². The van der Waals surface area contributed by atoms with Crippen LogP contribution in [0.1, 0.15) is 60.8 Å². The van der Waals surface area contributed by atoms with E-state index in [1.165, 1.54) is 20.8 Å².